The van der Waals surface area contributed by atoms with E-state index in [2.05, 4.69) is 96.8 Å². The summed E-state index contributed by atoms with van der Waals surface area (Å²) >= 11 is 3.71. The highest BCUT2D eigenvalue weighted by Crippen LogP contribution is 2.43. The molecule has 0 fully saturated rings. The predicted molar refractivity (Wildman–Crippen MR) is 153 cm³/mol. The summed E-state index contributed by atoms with van der Waals surface area (Å²) in [6, 6.07) is 31.2. The molecule has 178 valence electrons. The smallest absolute Gasteiger partial charge is 0.135 e. The molecule has 0 atom stereocenters. The van der Waals surface area contributed by atoms with E-state index in [1.54, 1.807) is 7.11 Å². The van der Waals surface area contributed by atoms with Crippen molar-refractivity contribution in [3.63, 3.8) is 0 Å². The van der Waals surface area contributed by atoms with Gasteiger partial charge in [0, 0.05) is 45.9 Å². The number of methoxy groups -OCH3 is 1. The van der Waals surface area contributed by atoms with Gasteiger partial charge in [-0.05, 0) is 52.3 Å². The van der Waals surface area contributed by atoms with E-state index in [-0.39, 0.29) is 0 Å². The Morgan fingerprint density at radius 3 is 2.22 bits per heavy atom. The fraction of sp³-hybridized carbons (Fsp3) is 0.0323. The minimum atomic E-state index is 0.774. The van der Waals surface area contributed by atoms with Crippen molar-refractivity contribution in [1.29, 1.82) is 0 Å². The van der Waals surface area contributed by atoms with Crippen LogP contribution in [0, 0.1) is 0 Å². The molecule has 4 aromatic heterocycles. The highest BCUT2D eigenvalue weighted by Gasteiger charge is 2.23. The number of benzene rings is 3. The maximum absolute atomic E-state index is 5.70. The summed E-state index contributed by atoms with van der Waals surface area (Å²) in [5.41, 5.74) is 7.27. The molecule has 0 unspecified atom stereocenters. The second-order valence-electron chi connectivity index (χ2n) is 8.87. The van der Waals surface area contributed by atoms with Crippen LogP contribution in [0.5, 0.6) is 5.75 Å². The molecule has 5 nitrogen and oxygen atoms in total. The van der Waals surface area contributed by atoms with E-state index in [0.717, 1.165) is 65.7 Å². The molecule has 0 N–H and O–H groups in total. The van der Waals surface area contributed by atoms with Gasteiger partial charge in [-0.2, -0.15) is 0 Å². The minimum Gasteiger partial charge on any atom is -0.495 e. The molecule has 0 aliphatic heterocycles. The molecule has 7 rings (SSSR count). The van der Waals surface area contributed by atoms with Gasteiger partial charge in [0.1, 0.15) is 11.4 Å². The summed E-state index contributed by atoms with van der Waals surface area (Å²) in [4.78, 5) is 9.34. The first-order valence-electron chi connectivity index (χ1n) is 12.0. The Bertz CT molecular complexity index is 1910. The third-order valence-electron chi connectivity index (χ3n) is 6.83. The Labute approximate surface area is 221 Å². The third-order valence-corrected chi connectivity index (χ3v) is 7.45. The largest absolute Gasteiger partial charge is 0.495 e. The van der Waals surface area contributed by atoms with Crippen molar-refractivity contribution in [3.8, 4) is 28.4 Å². The number of fused-ring (bicyclic) bond motifs is 5. The lowest BCUT2D eigenvalue weighted by Gasteiger charge is -2.13. The summed E-state index contributed by atoms with van der Waals surface area (Å²) < 4.78 is 11.2. The number of aromatic nitrogens is 4. The SMILES string of the molecule is COc1cc2c(cc1Br)c1c3cnccc3n(-c3ccccc3)c1n2-c1ccc(-c2ccccc2)nc1. The molecule has 0 aliphatic carbocycles. The number of hydrogen-bond donors (Lipinski definition) is 0. The topological polar surface area (TPSA) is 44.9 Å². The molecule has 0 bridgehead atoms. The normalized spacial score (nSPS) is 11.5. The zero-order valence-corrected chi connectivity index (χ0v) is 21.6. The van der Waals surface area contributed by atoms with Crippen LogP contribution in [0.2, 0.25) is 0 Å². The van der Waals surface area contributed by atoms with Crippen LogP contribution < -0.4 is 4.74 Å². The van der Waals surface area contributed by atoms with Crippen LogP contribution in [-0.4, -0.2) is 26.2 Å². The summed E-state index contributed by atoms with van der Waals surface area (Å²) in [5.74, 6) is 0.774. The number of halogens is 1. The lowest BCUT2D eigenvalue weighted by Crippen LogP contribution is -2.02. The lowest BCUT2D eigenvalue weighted by molar-refractivity contribution is 0.412. The van der Waals surface area contributed by atoms with Gasteiger partial charge in [-0.15, -0.1) is 0 Å². The Hall–Kier alpha value is -4.42. The van der Waals surface area contributed by atoms with E-state index in [0.29, 0.717) is 0 Å². The molecule has 0 spiro atoms. The average molecular weight is 545 g/mol. The van der Waals surface area contributed by atoms with Crippen molar-refractivity contribution < 1.29 is 4.74 Å². The van der Waals surface area contributed by atoms with Crippen molar-refractivity contribution in [3.05, 3.63) is 114 Å². The molecule has 4 heterocycles. The van der Waals surface area contributed by atoms with Gasteiger partial charge in [0.2, 0.25) is 0 Å². The van der Waals surface area contributed by atoms with Crippen LogP contribution in [-0.2, 0) is 0 Å². The van der Waals surface area contributed by atoms with Crippen LogP contribution >= 0.6 is 15.9 Å². The number of para-hydroxylation sites is 1. The van der Waals surface area contributed by atoms with Crippen molar-refractivity contribution >= 4 is 48.8 Å². The minimum absolute atomic E-state index is 0.774. The molecular formula is C31H21BrN4O. The number of rotatable bonds is 4. The van der Waals surface area contributed by atoms with Crippen LogP contribution in [0.3, 0.4) is 0 Å². The van der Waals surface area contributed by atoms with Crippen molar-refractivity contribution in [2.45, 2.75) is 0 Å². The fourth-order valence-electron chi connectivity index (χ4n) is 5.19. The molecule has 37 heavy (non-hydrogen) atoms. The quantitative estimate of drug-likeness (QED) is 0.226. The van der Waals surface area contributed by atoms with Crippen molar-refractivity contribution in [1.82, 2.24) is 19.1 Å². The molecule has 6 heteroatoms. The van der Waals surface area contributed by atoms with Crippen LogP contribution in [0.1, 0.15) is 0 Å². The van der Waals surface area contributed by atoms with Gasteiger partial charge in [-0.1, -0.05) is 48.5 Å². The molecule has 0 aliphatic rings. The molecule has 0 radical (unpaired) electrons. The second kappa shape index (κ2) is 8.61. The Balaban J connectivity index is 1.62. The van der Waals surface area contributed by atoms with E-state index in [9.17, 15) is 0 Å². The third kappa shape index (κ3) is 3.37. The number of pyridine rings is 2. The maximum atomic E-state index is 5.70. The standard InChI is InChI=1S/C31H21BrN4O/c1-37-29-17-28-23(16-25(29)32)30-24-19-33-15-14-27(24)35(21-10-6-3-7-11-21)31(30)36(28)22-12-13-26(34-18-22)20-8-4-2-5-9-20/h2-19H,1H3. The van der Waals surface area contributed by atoms with Gasteiger partial charge in [-0.25, -0.2) is 0 Å². The number of nitrogens with zero attached hydrogens (tertiary/aromatic N) is 4. The number of hydrogen-bond acceptors (Lipinski definition) is 3. The van der Waals surface area contributed by atoms with Gasteiger partial charge >= 0.3 is 0 Å². The molecule has 0 amide bonds. The molecular weight excluding hydrogens is 524 g/mol. The highest BCUT2D eigenvalue weighted by atomic mass is 79.9. The fourth-order valence-corrected chi connectivity index (χ4v) is 5.70. The first-order valence-corrected chi connectivity index (χ1v) is 12.8. The Morgan fingerprint density at radius 1 is 0.730 bits per heavy atom. The zero-order chi connectivity index (χ0) is 24.9. The van der Waals surface area contributed by atoms with Crippen LogP contribution in [0.15, 0.2) is 114 Å². The monoisotopic (exact) mass is 544 g/mol. The van der Waals surface area contributed by atoms with E-state index >= 15 is 0 Å². The molecule has 7 aromatic rings. The van der Waals surface area contributed by atoms with Gasteiger partial charge in [0.25, 0.3) is 0 Å². The summed E-state index contributed by atoms with van der Waals surface area (Å²) in [6.07, 6.45) is 5.75. The van der Waals surface area contributed by atoms with Gasteiger partial charge in [0.05, 0.1) is 40.2 Å². The van der Waals surface area contributed by atoms with Gasteiger partial charge < -0.3 is 4.74 Å². The van der Waals surface area contributed by atoms with E-state index in [1.807, 2.05) is 42.9 Å². The highest BCUT2D eigenvalue weighted by molar-refractivity contribution is 9.10. The van der Waals surface area contributed by atoms with Crippen molar-refractivity contribution in [2.75, 3.05) is 7.11 Å². The van der Waals surface area contributed by atoms with E-state index < -0.39 is 0 Å². The first kappa shape index (κ1) is 21.8. The van der Waals surface area contributed by atoms with Crippen LogP contribution in [0.25, 0.3) is 55.5 Å². The van der Waals surface area contributed by atoms with Gasteiger partial charge in [0.15, 0.2) is 0 Å². The molecule has 0 saturated heterocycles. The Kier molecular flexibility index (Phi) is 5.08. The zero-order valence-electron chi connectivity index (χ0n) is 20.0. The summed E-state index contributed by atoms with van der Waals surface area (Å²) in [5, 5.41) is 3.34. The predicted octanol–water partition coefficient (Wildman–Crippen LogP) is 7.96. The Morgan fingerprint density at radius 2 is 1.49 bits per heavy atom. The molecule has 0 saturated carbocycles. The van der Waals surface area contributed by atoms with Gasteiger partial charge in [-0.3, -0.25) is 19.1 Å². The maximum Gasteiger partial charge on any atom is 0.135 e. The van der Waals surface area contributed by atoms with Crippen molar-refractivity contribution in [2.24, 2.45) is 0 Å². The van der Waals surface area contributed by atoms with Crippen LogP contribution in [0.4, 0.5) is 0 Å². The summed E-state index contributed by atoms with van der Waals surface area (Å²) in [7, 11) is 1.69. The second-order valence-corrected chi connectivity index (χ2v) is 9.72. The van der Waals surface area contributed by atoms with E-state index in [1.165, 1.54) is 0 Å². The number of ether oxygens (including phenoxy) is 1. The average Bonchev–Trinajstić information content (AvgIpc) is 3.45. The summed E-state index contributed by atoms with van der Waals surface area (Å²) in [6.45, 7) is 0. The lowest BCUT2D eigenvalue weighted by atomic mass is 10.1. The first-order chi connectivity index (χ1) is 18.2. The molecule has 3 aromatic carbocycles. The van der Waals surface area contributed by atoms with E-state index in [4.69, 9.17) is 9.72 Å².